The fourth-order valence-corrected chi connectivity index (χ4v) is 2.98. The molecule has 1 aliphatic heterocycles. The molecule has 2 rings (SSSR count). The maximum atomic E-state index is 13.0. The smallest absolute Gasteiger partial charge is 0.416 e. The van der Waals surface area contributed by atoms with Crippen LogP contribution in [-0.2, 0) is 20.5 Å². The Hall–Kier alpha value is -2.09. The van der Waals surface area contributed by atoms with E-state index in [2.05, 4.69) is 0 Å². The summed E-state index contributed by atoms with van der Waals surface area (Å²) in [4.78, 5) is 25.1. The fourth-order valence-electron chi connectivity index (χ4n) is 2.98. The highest BCUT2D eigenvalue weighted by Crippen LogP contribution is 2.39. The summed E-state index contributed by atoms with van der Waals surface area (Å²) in [6.45, 7) is 0.299. The third kappa shape index (κ3) is 3.87. The van der Waals surface area contributed by atoms with E-state index in [4.69, 9.17) is 4.74 Å². The molecule has 0 saturated carbocycles. The zero-order chi connectivity index (χ0) is 17.9. The highest BCUT2D eigenvalue weighted by Gasteiger charge is 2.41. The standard InChI is InChI=1S/C16H18F3NO4/c1-24-8-7-20-13(21)6-5-12(15(22)23)14(20)10-3-2-4-11(9-10)16(17,18)19/h2-4,9,12,14H,5-8H2,1H3,(H,22,23)/t12-,14-/m1/s1. The summed E-state index contributed by atoms with van der Waals surface area (Å²) in [5.41, 5.74) is -0.699. The van der Waals surface area contributed by atoms with Gasteiger partial charge in [0.15, 0.2) is 0 Å². The molecule has 0 aromatic heterocycles. The lowest BCUT2D eigenvalue weighted by Crippen LogP contribution is -2.46. The number of likely N-dealkylation sites (tertiary alicyclic amines) is 1. The van der Waals surface area contributed by atoms with Gasteiger partial charge in [0.1, 0.15) is 0 Å². The molecular weight excluding hydrogens is 327 g/mol. The van der Waals surface area contributed by atoms with E-state index in [-0.39, 0.29) is 37.5 Å². The van der Waals surface area contributed by atoms with E-state index in [1.165, 1.54) is 24.1 Å². The number of benzene rings is 1. The van der Waals surface area contributed by atoms with Crippen molar-refractivity contribution in [3.05, 3.63) is 35.4 Å². The predicted molar refractivity (Wildman–Crippen MR) is 78.1 cm³/mol. The number of rotatable bonds is 5. The second-order valence-electron chi connectivity index (χ2n) is 5.63. The number of amides is 1. The van der Waals surface area contributed by atoms with Gasteiger partial charge in [-0.15, -0.1) is 0 Å². The quantitative estimate of drug-likeness (QED) is 0.891. The van der Waals surface area contributed by atoms with E-state index >= 15 is 0 Å². The number of alkyl halides is 3. The number of halogens is 3. The van der Waals surface area contributed by atoms with E-state index in [1.807, 2.05) is 0 Å². The van der Waals surface area contributed by atoms with Crippen molar-refractivity contribution in [2.45, 2.75) is 25.1 Å². The number of methoxy groups -OCH3 is 1. The van der Waals surface area contributed by atoms with Crippen LogP contribution in [0.3, 0.4) is 0 Å². The van der Waals surface area contributed by atoms with Gasteiger partial charge < -0.3 is 14.7 Å². The lowest BCUT2D eigenvalue weighted by molar-refractivity contribution is -0.152. The van der Waals surface area contributed by atoms with E-state index in [1.54, 1.807) is 0 Å². The minimum Gasteiger partial charge on any atom is -0.481 e. The molecule has 0 spiro atoms. The first-order chi connectivity index (χ1) is 11.3. The summed E-state index contributed by atoms with van der Waals surface area (Å²) in [5, 5.41) is 9.44. The number of aliphatic carboxylic acids is 1. The molecule has 1 aromatic rings. The van der Waals surface area contributed by atoms with Crippen LogP contribution < -0.4 is 0 Å². The summed E-state index contributed by atoms with van der Waals surface area (Å²) < 4.78 is 43.8. The van der Waals surface area contributed by atoms with E-state index in [0.717, 1.165) is 12.1 Å². The highest BCUT2D eigenvalue weighted by molar-refractivity contribution is 5.81. The Morgan fingerprint density at radius 2 is 2.12 bits per heavy atom. The summed E-state index contributed by atoms with van der Waals surface area (Å²) >= 11 is 0. The van der Waals surface area contributed by atoms with Gasteiger partial charge in [0.25, 0.3) is 0 Å². The first-order valence-corrected chi connectivity index (χ1v) is 7.44. The summed E-state index contributed by atoms with van der Waals surface area (Å²) in [5.74, 6) is -2.37. The van der Waals surface area contributed by atoms with E-state index < -0.39 is 29.7 Å². The Balaban J connectivity index is 2.45. The number of carbonyl (C=O) groups is 2. The van der Waals surface area contributed by atoms with Crippen molar-refractivity contribution in [3.63, 3.8) is 0 Å². The number of ether oxygens (including phenoxy) is 1. The van der Waals surface area contributed by atoms with Crippen molar-refractivity contribution in [1.82, 2.24) is 4.90 Å². The molecule has 0 unspecified atom stereocenters. The first kappa shape index (κ1) is 18.3. The number of nitrogens with zero attached hydrogens (tertiary/aromatic N) is 1. The van der Waals surface area contributed by atoms with Crippen LogP contribution in [0, 0.1) is 5.92 Å². The van der Waals surface area contributed by atoms with Crippen LogP contribution in [0.4, 0.5) is 13.2 Å². The van der Waals surface area contributed by atoms with Crippen molar-refractivity contribution in [2.75, 3.05) is 20.3 Å². The molecule has 1 aliphatic rings. The number of carbonyl (C=O) groups excluding carboxylic acids is 1. The lowest BCUT2D eigenvalue weighted by atomic mass is 9.84. The Bertz CT molecular complexity index is 618. The van der Waals surface area contributed by atoms with Gasteiger partial charge in [-0.25, -0.2) is 0 Å². The van der Waals surface area contributed by atoms with Gasteiger partial charge in [-0.3, -0.25) is 9.59 Å². The minimum atomic E-state index is -4.54. The van der Waals surface area contributed by atoms with Crippen molar-refractivity contribution >= 4 is 11.9 Å². The van der Waals surface area contributed by atoms with Crippen molar-refractivity contribution in [3.8, 4) is 0 Å². The van der Waals surface area contributed by atoms with Gasteiger partial charge in [0.05, 0.1) is 24.1 Å². The molecule has 8 heteroatoms. The van der Waals surface area contributed by atoms with Crippen LogP contribution in [0.5, 0.6) is 0 Å². The van der Waals surface area contributed by atoms with Gasteiger partial charge in [-0.2, -0.15) is 13.2 Å². The second kappa shape index (κ2) is 7.21. The first-order valence-electron chi connectivity index (χ1n) is 7.44. The zero-order valence-electron chi connectivity index (χ0n) is 13.0. The Morgan fingerprint density at radius 1 is 1.42 bits per heavy atom. The maximum Gasteiger partial charge on any atom is 0.416 e. The van der Waals surface area contributed by atoms with Crippen LogP contribution in [0.15, 0.2) is 24.3 Å². The molecule has 5 nitrogen and oxygen atoms in total. The van der Waals surface area contributed by atoms with Gasteiger partial charge in [-0.1, -0.05) is 12.1 Å². The molecule has 1 fully saturated rings. The van der Waals surface area contributed by atoms with Crippen molar-refractivity contribution < 1.29 is 32.6 Å². The predicted octanol–water partition coefficient (Wildman–Crippen LogP) is 2.72. The molecule has 1 saturated heterocycles. The fraction of sp³-hybridized carbons (Fsp3) is 0.500. The zero-order valence-corrected chi connectivity index (χ0v) is 13.0. The molecule has 0 aliphatic carbocycles. The van der Waals surface area contributed by atoms with Crippen LogP contribution in [0.2, 0.25) is 0 Å². The van der Waals surface area contributed by atoms with Crippen molar-refractivity contribution in [1.29, 1.82) is 0 Å². The average molecular weight is 345 g/mol. The third-order valence-corrected chi connectivity index (χ3v) is 4.12. The van der Waals surface area contributed by atoms with Gasteiger partial charge >= 0.3 is 12.1 Å². The largest absolute Gasteiger partial charge is 0.481 e. The Labute approximate surface area is 137 Å². The Morgan fingerprint density at radius 3 is 2.71 bits per heavy atom. The molecule has 0 radical (unpaired) electrons. The second-order valence-corrected chi connectivity index (χ2v) is 5.63. The molecule has 132 valence electrons. The molecule has 1 amide bonds. The number of carboxylic acid groups (broad SMARTS) is 1. The number of hydrogen-bond donors (Lipinski definition) is 1. The van der Waals surface area contributed by atoms with Crippen LogP contribution in [0.25, 0.3) is 0 Å². The number of carboxylic acids is 1. The molecule has 0 bridgehead atoms. The summed E-state index contributed by atoms with van der Waals surface area (Å²) in [6, 6.07) is 3.54. The molecular formula is C16H18F3NO4. The van der Waals surface area contributed by atoms with E-state index in [9.17, 15) is 27.9 Å². The van der Waals surface area contributed by atoms with Gasteiger partial charge in [0.2, 0.25) is 5.91 Å². The van der Waals surface area contributed by atoms with Crippen LogP contribution in [-0.4, -0.2) is 42.1 Å². The average Bonchev–Trinajstić information content (AvgIpc) is 2.52. The Kier molecular flexibility index (Phi) is 5.48. The highest BCUT2D eigenvalue weighted by atomic mass is 19.4. The van der Waals surface area contributed by atoms with Gasteiger partial charge in [-0.05, 0) is 24.1 Å². The molecule has 1 aromatic carbocycles. The van der Waals surface area contributed by atoms with Crippen LogP contribution >= 0.6 is 0 Å². The lowest BCUT2D eigenvalue weighted by Gasteiger charge is -2.39. The SMILES string of the molecule is COCCN1C(=O)CC[C@@H](C(=O)O)[C@H]1c1cccc(C(F)(F)F)c1. The maximum absolute atomic E-state index is 13.0. The molecule has 24 heavy (non-hydrogen) atoms. The minimum absolute atomic E-state index is 0.0517. The van der Waals surface area contributed by atoms with Gasteiger partial charge in [0, 0.05) is 20.1 Å². The molecule has 1 N–H and O–H groups in total. The van der Waals surface area contributed by atoms with Crippen molar-refractivity contribution in [2.24, 2.45) is 5.92 Å². The number of piperidine rings is 1. The molecule has 1 heterocycles. The molecule has 2 atom stereocenters. The normalized spacial score (nSPS) is 21.8. The third-order valence-electron chi connectivity index (χ3n) is 4.12. The summed E-state index contributed by atoms with van der Waals surface area (Å²) in [6.07, 6.45) is -4.39. The van der Waals surface area contributed by atoms with Crippen LogP contribution in [0.1, 0.15) is 30.0 Å². The number of hydrogen-bond acceptors (Lipinski definition) is 3. The monoisotopic (exact) mass is 345 g/mol. The summed E-state index contributed by atoms with van der Waals surface area (Å²) in [7, 11) is 1.43. The van der Waals surface area contributed by atoms with E-state index in [0.29, 0.717) is 0 Å². The topological polar surface area (TPSA) is 66.8 Å².